The van der Waals surface area contributed by atoms with E-state index >= 15 is 0 Å². The van der Waals surface area contributed by atoms with Crippen molar-refractivity contribution in [2.75, 3.05) is 19.8 Å². The van der Waals surface area contributed by atoms with Crippen LogP contribution in [0.4, 0.5) is 0 Å². The van der Waals surface area contributed by atoms with Gasteiger partial charge in [0.25, 0.3) is 0 Å². The molecule has 0 amide bonds. The van der Waals surface area contributed by atoms with Gasteiger partial charge >= 0.3 is 41.8 Å². The first-order valence-corrected chi connectivity index (χ1v) is 21.6. The molecule has 6 heterocycles. The number of ether oxygens (including phenoxy) is 13. The van der Waals surface area contributed by atoms with Gasteiger partial charge in [0, 0.05) is 59.8 Å². The molecule has 1 aliphatic carbocycles. The van der Waals surface area contributed by atoms with Crippen molar-refractivity contribution in [3.05, 3.63) is 0 Å². The van der Waals surface area contributed by atoms with E-state index in [4.69, 9.17) is 71.4 Å². The molecule has 18 atom stereocenters. The van der Waals surface area contributed by atoms with Gasteiger partial charge in [0.1, 0.15) is 38.1 Å². The molecule has 7 aliphatic rings. The van der Waals surface area contributed by atoms with Gasteiger partial charge in [-0.05, 0) is 44.9 Å². The lowest BCUT2D eigenvalue weighted by atomic mass is 9.58. The fourth-order valence-electron chi connectivity index (χ4n) is 9.96. The molecule has 1 saturated carbocycles. The molecule has 0 aromatic rings. The molecule has 22 nitrogen and oxygen atoms in total. The Bertz CT molecular complexity index is 1760. The van der Waals surface area contributed by atoms with Crippen LogP contribution in [-0.2, 0) is 105 Å². The molecule has 7 fully saturated rings. The lowest BCUT2D eigenvalue weighted by Crippen LogP contribution is -2.70. The second-order valence-corrected chi connectivity index (χ2v) is 17.5. The summed E-state index contributed by atoms with van der Waals surface area (Å²) in [6.45, 7) is 12.2. The summed E-state index contributed by atoms with van der Waals surface area (Å²) >= 11 is 0. The zero-order valence-electron chi connectivity index (χ0n) is 37.7. The first kappa shape index (κ1) is 49.4. The van der Waals surface area contributed by atoms with Crippen molar-refractivity contribution < 1.29 is 105 Å². The highest BCUT2D eigenvalue weighted by Gasteiger charge is 2.69. The maximum atomic E-state index is 13.5. The Balaban J connectivity index is 1.24. The van der Waals surface area contributed by atoms with E-state index in [1.165, 1.54) is 6.92 Å². The number of fused-ring (bicyclic) bond motifs is 2. The smallest absolute Gasteiger partial charge is 0.332 e. The molecule has 22 heteroatoms. The van der Waals surface area contributed by atoms with Gasteiger partial charge < -0.3 is 61.6 Å². The molecule has 0 N–H and O–H groups in total. The van der Waals surface area contributed by atoms with E-state index in [-0.39, 0.29) is 17.8 Å². The molecular formula is C42H60O22. The minimum absolute atomic E-state index is 0.0780. The molecule has 2 bridgehead atoms. The summed E-state index contributed by atoms with van der Waals surface area (Å²) in [6.07, 6.45) is -13.3. The minimum Gasteiger partial charge on any atom is -0.463 e. The lowest BCUT2D eigenvalue weighted by molar-refractivity contribution is -0.577. The van der Waals surface area contributed by atoms with Crippen LogP contribution >= 0.6 is 0 Å². The largest absolute Gasteiger partial charge is 0.463 e. The third-order valence-corrected chi connectivity index (χ3v) is 12.6. The summed E-state index contributed by atoms with van der Waals surface area (Å²) in [5.74, 6) is -6.77. The Kier molecular flexibility index (Phi) is 15.6. The number of hydrogen-bond donors (Lipinski definition) is 0. The summed E-state index contributed by atoms with van der Waals surface area (Å²) in [7, 11) is 0. The van der Waals surface area contributed by atoms with Gasteiger partial charge in [-0.2, -0.15) is 0 Å². The van der Waals surface area contributed by atoms with Crippen LogP contribution in [0.25, 0.3) is 0 Å². The monoisotopic (exact) mass is 916 g/mol. The number of carbonyl (C=O) groups excluding carboxylic acids is 7. The third kappa shape index (κ3) is 10.8. The van der Waals surface area contributed by atoms with Crippen LogP contribution < -0.4 is 0 Å². The van der Waals surface area contributed by atoms with Gasteiger partial charge in [-0.15, -0.1) is 0 Å². The Labute approximate surface area is 369 Å². The first-order chi connectivity index (χ1) is 30.1. The van der Waals surface area contributed by atoms with E-state index in [0.29, 0.717) is 12.3 Å². The Morgan fingerprint density at radius 2 is 1.12 bits per heavy atom. The van der Waals surface area contributed by atoms with Crippen molar-refractivity contribution in [1.82, 2.24) is 0 Å². The average Bonchev–Trinajstić information content (AvgIpc) is 3.43. The van der Waals surface area contributed by atoms with Gasteiger partial charge in [0.2, 0.25) is 5.79 Å². The van der Waals surface area contributed by atoms with Crippen LogP contribution in [0.3, 0.4) is 0 Å². The summed E-state index contributed by atoms with van der Waals surface area (Å²) in [5, 5.41) is 0. The SMILES string of the molecule is CC(=O)OC[C@H]1O[C@@H](O[C@H]2[C@H](OC(C)=O)[C@@H](OC(C)=O)[C@@H](C)O[C@@H]2COC(=O)CO[C@H]2O[C@@H]3O[C@@]4(C)CC[C@H]5[C@H](C)CC[C@@H]([C@H]2C)[C@@]35OO4)[C@H](OC(C)=O)[C@@H](OC(C)=O)[C@@H]1OC(C)=O. The van der Waals surface area contributed by atoms with Crippen LogP contribution in [0, 0.1) is 23.7 Å². The summed E-state index contributed by atoms with van der Waals surface area (Å²) < 4.78 is 76.3. The summed E-state index contributed by atoms with van der Waals surface area (Å²) in [6, 6.07) is 0. The lowest BCUT2D eigenvalue weighted by Gasteiger charge is -2.60. The highest BCUT2D eigenvalue weighted by molar-refractivity contribution is 5.71. The second-order valence-electron chi connectivity index (χ2n) is 17.5. The highest BCUT2D eigenvalue weighted by atomic mass is 17.3. The molecule has 0 unspecified atom stereocenters. The fourth-order valence-corrected chi connectivity index (χ4v) is 9.96. The summed E-state index contributed by atoms with van der Waals surface area (Å²) in [4.78, 5) is 99.8. The number of carbonyl (C=O) groups is 7. The fraction of sp³-hybridized carbons (Fsp3) is 0.833. The molecule has 6 saturated heterocycles. The number of esters is 7. The molecule has 0 radical (unpaired) electrons. The third-order valence-electron chi connectivity index (χ3n) is 12.6. The van der Waals surface area contributed by atoms with Gasteiger partial charge in [-0.3, -0.25) is 28.8 Å². The minimum atomic E-state index is -1.80. The Morgan fingerprint density at radius 3 is 1.75 bits per heavy atom. The zero-order valence-corrected chi connectivity index (χ0v) is 37.7. The predicted octanol–water partition coefficient (Wildman–Crippen LogP) is 1.87. The molecule has 360 valence electrons. The summed E-state index contributed by atoms with van der Waals surface area (Å²) in [5.41, 5.74) is -0.851. The Morgan fingerprint density at radius 1 is 0.562 bits per heavy atom. The van der Waals surface area contributed by atoms with Gasteiger partial charge in [-0.25, -0.2) is 14.6 Å². The molecule has 0 aromatic heterocycles. The quantitative estimate of drug-likeness (QED) is 0.137. The zero-order chi connectivity index (χ0) is 46.8. The standard InChI is InChI=1S/C42H60O22/c1-18-11-12-28-19(2)38(61-40-42(28)27(18)13-14-41(10,62-40)63-64-42)52-17-31(49)51-16-29-34(35(56-24(7)46)32(20(3)53-29)54-22(5)44)60-39-37(58-26(9)48)36(57-25(8)47)33(55-23(6)45)30(59-39)15-50-21(4)43/h18-20,27-30,32-40H,11-17H2,1-10H3/t18-,19-,20-,27+,28+,29-,30-,32+,33-,34-,35-,36+,37-,38+,39+,40-,41-,42-/m1/s1. The van der Waals surface area contributed by atoms with E-state index in [1.807, 2.05) is 6.92 Å². The van der Waals surface area contributed by atoms with Gasteiger partial charge in [-0.1, -0.05) is 13.8 Å². The van der Waals surface area contributed by atoms with Crippen molar-refractivity contribution in [3.8, 4) is 0 Å². The number of rotatable bonds is 14. The van der Waals surface area contributed by atoms with Crippen molar-refractivity contribution in [1.29, 1.82) is 0 Å². The first-order valence-electron chi connectivity index (χ1n) is 21.6. The molecule has 1 spiro atoms. The highest BCUT2D eigenvalue weighted by Crippen LogP contribution is 2.60. The number of hydrogen-bond acceptors (Lipinski definition) is 22. The van der Waals surface area contributed by atoms with E-state index in [2.05, 4.69) is 6.92 Å². The predicted molar refractivity (Wildman–Crippen MR) is 206 cm³/mol. The normalized spacial score (nSPS) is 41.2. The van der Waals surface area contributed by atoms with Crippen molar-refractivity contribution in [2.45, 2.75) is 180 Å². The van der Waals surface area contributed by atoms with Crippen molar-refractivity contribution in [2.24, 2.45) is 23.7 Å². The van der Waals surface area contributed by atoms with Crippen molar-refractivity contribution in [3.63, 3.8) is 0 Å². The molecule has 7 rings (SSSR count). The van der Waals surface area contributed by atoms with E-state index in [0.717, 1.165) is 60.8 Å². The van der Waals surface area contributed by atoms with E-state index < -0.39 is 147 Å². The molecular weight excluding hydrogens is 856 g/mol. The second kappa shape index (κ2) is 20.2. The van der Waals surface area contributed by atoms with E-state index in [1.54, 1.807) is 6.92 Å². The van der Waals surface area contributed by atoms with Crippen LogP contribution in [-0.4, -0.2) is 147 Å². The van der Waals surface area contributed by atoms with Gasteiger partial charge in [0.15, 0.2) is 55.0 Å². The van der Waals surface area contributed by atoms with Crippen LogP contribution in [0.5, 0.6) is 0 Å². The van der Waals surface area contributed by atoms with Crippen LogP contribution in [0.1, 0.15) is 94.9 Å². The average molecular weight is 917 g/mol. The molecule has 64 heavy (non-hydrogen) atoms. The van der Waals surface area contributed by atoms with E-state index in [9.17, 15) is 33.6 Å². The van der Waals surface area contributed by atoms with Crippen LogP contribution in [0.2, 0.25) is 0 Å². The Hall–Kier alpha value is -4.03. The molecule has 0 aromatic carbocycles. The molecule has 6 aliphatic heterocycles. The van der Waals surface area contributed by atoms with Gasteiger partial charge in [0.05, 0.1) is 6.10 Å². The van der Waals surface area contributed by atoms with Crippen LogP contribution in [0.15, 0.2) is 0 Å². The van der Waals surface area contributed by atoms with Crippen molar-refractivity contribution >= 4 is 41.8 Å². The topological polar surface area (TPSA) is 258 Å². The maximum Gasteiger partial charge on any atom is 0.332 e. The maximum absolute atomic E-state index is 13.5.